The Labute approximate surface area is 100 Å². The molecule has 2 unspecified atom stereocenters. The highest BCUT2D eigenvalue weighted by atomic mass is 16.4. The van der Waals surface area contributed by atoms with Crippen LogP contribution in [0.25, 0.3) is 0 Å². The van der Waals surface area contributed by atoms with E-state index in [4.69, 9.17) is 0 Å². The summed E-state index contributed by atoms with van der Waals surface area (Å²) in [6.07, 6.45) is 6.61. The summed E-state index contributed by atoms with van der Waals surface area (Å²) in [6.45, 7) is 0.724. The van der Waals surface area contributed by atoms with Gasteiger partial charge in [-0.25, -0.2) is 4.98 Å². The van der Waals surface area contributed by atoms with Crippen molar-refractivity contribution in [3.05, 3.63) is 12.7 Å². The van der Waals surface area contributed by atoms with Gasteiger partial charge in [-0.15, -0.1) is 0 Å². The highest BCUT2D eigenvalue weighted by Crippen LogP contribution is 2.38. The Hall–Kier alpha value is -1.43. The molecule has 1 aliphatic rings. The molecule has 1 saturated carbocycles. The van der Waals surface area contributed by atoms with Crippen LogP contribution in [-0.4, -0.2) is 38.4 Å². The smallest absolute Gasteiger partial charge is 0.324 e. The van der Waals surface area contributed by atoms with Crippen molar-refractivity contribution in [3.8, 4) is 0 Å². The first-order chi connectivity index (χ1) is 8.19. The Kier molecular flexibility index (Phi) is 3.42. The molecule has 0 bridgehead atoms. The third kappa shape index (κ3) is 2.17. The lowest BCUT2D eigenvalue weighted by molar-refractivity contribution is -0.146. The van der Waals surface area contributed by atoms with Gasteiger partial charge < -0.3 is 10.4 Å². The Morgan fingerprint density at radius 3 is 3.12 bits per heavy atom. The van der Waals surface area contributed by atoms with Gasteiger partial charge in [0.15, 0.2) is 0 Å². The van der Waals surface area contributed by atoms with E-state index in [0.29, 0.717) is 6.42 Å². The third-order valence-electron chi connectivity index (χ3n) is 3.82. The summed E-state index contributed by atoms with van der Waals surface area (Å²) >= 11 is 0. The summed E-state index contributed by atoms with van der Waals surface area (Å²) in [5.41, 5.74) is -0.749. The molecule has 6 heteroatoms. The number of carboxylic acids is 1. The zero-order valence-corrected chi connectivity index (χ0v) is 9.96. The molecule has 6 nitrogen and oxygen atoms in total. The van der Waals surface area contributed by atoms with Crippen LogP contribution >= 0.6 is 0 Å². The standard InChI is InChI=1S/C11H18N4O2/c1-12-11(10(16)17)5-2-3-9(11)4-6-15-8-13-7-14-15/h7-9,12H,2-6H2,1H3,(H,16,17). The molecule has 1 aromatic rings. The van der Waals surface area contributed by atoms with Gasteiger partial charge in [0.25, 0.3) is 0 Å². The molecular formula is C11H18N4O2. The van der Waals surface area contributed by atoms with Gasteiger partial charge in [-0.05, 0) is 32.2 Å². The fourth-order valence-electron chi connectivity index (χ4n) is 2.82. The van der Waals surface area contributed by atoms with Crippen LogP contribution in [0.5, 0.6) is 0 Å². The van der Waals surface area contributed by atoms with Crippen LogP contribution in [0, 0.1) is 5.92 Å². The lowest BCUT2D eigenvalue weighted by Crippen LogP contribution is -2.53. The van der Waals surface area contributed by atoms with E-state index in [1.807, 2.05) is 0 Å². The summed E-state index contributed by atoms with van der Waals surface area (Å²) in [5, 5.41) is 16.4. The number of aryl methyl sites for hydroxylation is 1. The molecule has 0 aliphatic heterocycles. The van der Waals surface area contributed by atoms with Gasteiger partial charge in [0.05, 0.1) is 0 Å². The molecule has 2 atom stereocenters. The van der Waals surface area contributed by atoms with Crippen molar-refractivity contribution in [3.63, 3.8) is 0 Å². The van der Waals surface area contributed by atoms with E-state index < -0.39 is 11.5 Å². The van der Waals surface area contributed by atoms with Gasteiger partial charge >= 0.3 is 5.97 Å². The molecule has 94 valence electrons. The number of carboxylic acid groups (broad SMARTS) is 1. The van der Waals surface area contributed by atoms with E-state index in [0.717, 1.165) is 25.8 Å². The molecule has 1 heterocycles. The number of aromatic nitrogens is 3. The van der Waals surface area contributed by atoms with E-state index >= 15 is 0 Å². The number of hydrogen-bond acceptors (Lipinski definition) is 4. The largest absolute Gasteiger partial charge is 0.480 e. The Balaban J connectivity index is 2.01. The minimum Gasteiger partial charge on any atom is -0.480 e. The molecule has 1 aliphatic carbocycles. The van der Waals surface area contributed by atoms with E-state index in [-0.39, 0.29) is 5.92 Å². The molecule has 2 N–H and O–H groups in total. The van der Waals surface area contributed by atoms with Gasteiger partial charge in [0.1, 0.15) is 18.2 Å². The maximum absolute atomic E-state index is 11.4. The predicted octanol–water partition coefficient (Wildman–Crippen LogP) is 0.511. The second-order valence-corrected chi connectivity index (χ2v) is 4.56. The fourth-order valence-corrected chi connectivity index (χ4v) is 2.82. The van der Waals surface area contributed by atoms with Crippen LogP contribution in [0.1, 0.15) is 25.7 Å². The number of rotatable bonds is 5. The average molecular weight is 238 g/mol. The van der Waals surface area contributed by atoms with E-state index in [1.54, 1.807) is 18.1 Å². The molecule has 2 rings (SSSR count). The van der Waals surface area contributed by atoms with E-state index in [2.05, 4.69) is 15.4 Å². The molecular weight excluding hydrogens is 220 g/mol. The first-order valence-corrected chi connectivity index (χ1v) is 5.94. The number of hydrogen-bond donors (Lipinski definition) is 2. The SMILES string of the molecule is CNC1(C(=O)O)CCCC1CCn1cncn1. The summed E-state index contributed by atoms with van der Waals surface area (Å²) < 4.78 is 1.75. The monoisotopic (exact) mass is 238 g/mol. The van der Waals surface area contributed by atoms with Gasteiger partial charge in [0.2, 0.25) is 0 Å². The Morgan fingerprint density at radius 2 is 2.53 bits per heavy atom. The number of nitrogens with one attached hydrogen (secondary N) is 1. The lowest BCUT2D eigenvalue weighted by Gasteiger charge is -2.30. The fraction of sp³-hybridized carbons (Fsp3) is 0.727. The minimum absolute atomic E-state index is 0.161. The van der Waals surface area contributed by atoms with Crippen molar-refractivity contribution >= 4 is 5.97 Å². The van der Waals surface area contributed by atoms with Crippen molar-refractivity contribution in [2.24, 2.45) is 5.92 Å². The topological polar surface area (TPSA) is 80.0 Å². The maximum Gasteiger partial charge on any atom is 0.324 e. The Bertz CT molecular complexity index is 379. The number of aliphatic carboxylic acids is 1. The highest BCUT2D eigenvalue weighted by Gasteiger charge is 2.47. The second kappa shape index (κ2) is 4.83. The zero-order chi connectivity index (χ0) is 12.3. The van der Waals surface area contributed by atoms with Crippen molar-refractivity contribution in [1.82, 2.24) is 20.1 Å². The summed E-state index contributed by atoms with van der Waals surface area (Å²) in [6, 6.07) is 0. The van der Waals surface area contributed by atoms with Crippen molar-refractivity contribution < 1.29 is 9.90 Å². The van der Waals surface area contributed by atoms with Crippen LogP contribution in [0.15, 0.2) is 12.7 Å². The first-order valence-electron chi connectivity index (χ1n) is 5.94. The summed E-state index contributed by atoms with van der Waals surface area (Å²) in [4.78, 5) is 15.3. The first kappa shape index (κ1) is 12.0. The normalized spacial score (nSPS) is 28.4. The predicted molar refractivity (Wildman–Crippen MR) is 61.4 cm³/mol. The summed E-state index contributed by atoms with van der Waals surface area (Å²) in [5.74, 6) is -0.574. The second-order valence-electron chi connectivity index (χ2n) is 4.56. The highest BCUT2D eigenvalue weighted by molar-refractivity contribution is 5.79. The molecule has 0 saturated heterocycles. The number of carbonyl (C=O) groups is 1. The number of nitrogens with zero attached hydrogens (tertiary/aromatic N) is 3. The Morgan fingerprint density at radius 1 is 1.71 bits per heavy atom. The van der Waals surface area contributed by atoms with Gasteiger partial charge in [-0.2, -0.15) is 5.10 Å². The quantitative estimate of drug-likeness (QED) is 0.781. The molecule has 1 aromatic heterocycles. The van der Waals surface area contributed by atoms with Gasteiger partial charge in [0, 0.05) is 6.54 Å². The maximum atomic E-state index is 11.4. The molecule has 0 aromatic carbocycles. The zero-order valence-electron chi connectivity index (χ0n) is 9.96. The van der Waals surface area contributed by atoms with E-state index in [1.165, 1.54) is 6.33 Å². The molecule has 0 spiro atoms. The third-order valence-corrected chi connectivity index (χ3v) is 3.82. The van der Waals surface area contributed by atoms with E-state index in [9.17, 15) is 9.90 Å². The van der Waals surface area contributed by atoms with Crippen LogP contribution in [0.4, 0.5) is 0 Å². The van der Waals surface area contributed by atoms with Gasteiger partial charge in [-0.1, -0.05) is 6.42 Å². The number of likely N-dealkylation sites (N-methyl/N-ethyl adjacent to an activating group) is 1. The van der Waals surface area contributed by atoms with Crippen molar-refractivity contribution in [2.45, 2.75) is 37.8 Å². The molecule has 0 radical (unpaired) electrons. The molecule has 1 fully saturated rings. The summed E-state index contributed by atoms with van der Waals surface area (Å²) in [7, 11) is 1.74. The van der Waals surface area contributed by atoms with Crippen molar-refractivity contribution in [2.75, 3.05) is 7.05 Å². The minimum atomic E-state index is -0.749. The average Bonchev–Trinajstić information content (AvgIpc) is 2.96. The lowest BCUT2D eigenvalue weighted by atomic mass is 9.85. The molecule has 0 amide bonds. The van der Waals surface area contributed by atoms with Gasteiger partial charge in [-0.3, -0.25) is 9.48 Å². The van der Waals surface area contributed by atoms with Crippen LogP contribution in [-0.2, 0) is 11.3 Å². The molecule has 17 heavy (non-hydrogen) atoms. The van der Waals surface area contributed by atoms with Crippen LogP contribution in [0.2, 0.25) is 0 Å². The van der Waals surface area contributed by atoms with Crippen molar-refractivity contribution in [1.29, 1.82) is 0 Å². The van der Waals surface area contributed by atoms with Crippen LogP contribution < -0.4 is 5.32 Å². The van der Waals surface area contributed by atoms with Crippen LogP contribution in [0.3, 0.4) is 0 Å².